The van der Waals surface area contributed by atoms with Gasteiger partial charge in [0.25, 0.3) is 25.8 Å². The predicted octanol–water partition coefficient (Wildman–Crippen LogP) is 6.17. The molecule has 3 atom stereocenters. The monoisotopic (exact) mass is 677 g/mol. The molecule has 45 heavy (non-hydrogen) atoms. The summed E-state index contributed by atoms with van der Waals surface area (Å²) in [5.41, 5.74) is 4.27. The van der Waals surface area contributed by atoms with Crippen LogP contribution in [0.25, 0.3) is 22.2 Å². The topological polar surface area (TPSA) is 138 Å². The van der Waals surface area contributed by atoms with E-state index in [-0.39, 0.29) is 24.5 Å². The molecule has 1 aliphatic rings. The zero-order chi connectivity index (χ0) is 32.4. The molecule has 242 valence electrons. The van der Waals surface area contributed by atoms with Crippen molar-refractivity contribution in [3.63, 3.8) is 0 Å². The van der Waals surface area contributed by atoms with Crippen molar-refractivity contribution in [3.8, 4) is 16.9 Å². The number of anilines is 1. The van der Waals surface area contributed by atoms with E-state index in [1.807, 2.05) is 47.0 Å². The lowest BCUT2D eigenvalue weighted by atomic mass is 9.96. The number of hydrogen-bond donors (Lipinski definition) is 2. The van der Waals surface area contributed by atoms with Crippen LogP contribution in [0.3, 0.4) is 0 Å². The Bertz CT molecular complexity index is 1860. The number of benzene rings is 3. The van der Waals surface area contributed by atoms with E-state index in [9.17, 15) is 25.9 Å². The van der Waals surface area contributed by atoms with E-state index in [0.717, 1.165) is 28.8 Å². The van der Waals surface area contributed by atoms with Gasteiger partial charge in [-0.05, 0) is 54.7 Å². The molecule has 0 saturated heterocycles. The zero-order valence-corrected chi connectivity index (χ0v) is 27.6. The molecule has 0 aliphatic carbocycles. The van der Waals surface area contributed by atoms with Crippen molar-refractivity contribution < 1.29 is 39.7 Å². The Balaban J connectivity index is 1.41. The Hall–Kier alpha value is -3.16. The summed E-state index contributed by atoms with van der Waals surface area (Å²) in [4.78, 5) is 2.07. The van der Waals surface area contributed by atoms with Gasteiger partial charge >= 0.3 is 5.89 Å². The standard InChI is InChI=1S/C32H37ClN2O8S2/c1-3-23(18-31-34(15-7-17-44(36,37)38)28-21-26(33)11-13-30(28)43-31)19-32-35(16-14-22(2)45(39,40)41)27-20-25(10-12-29(27)42-32)24-8-5-4-6-9-24/h4-6,8-13,20-23,32H,3,7,14-19H2,1-2H3,(H-,36,37,38,39,40,41)/p+1. The Morgan fingerprint density at radius 1 is 1.00 bits per heavy atom. The van der Waals surface area contributed by atoms with Crippen molar-refractivity contribution in [3.05, 3.63) is 77.6 Å². The maximum absolute atomic E-state index is 11.8. The molecule has 3 unspecified atom stereocenters. The first-order chi connectivity index (χ1) is 21.3. The second-order valence-electron chi connectivity index (χ2n) is 11.5. The normalized spacial score (nSPS) is 16.5. The molecule has 0 bridgehead atoms. The summed E-state index contributed by atoms with van der Waals surface area (Å²) in [5, 5.41) is -0.419. The molecule has 0 spiro atoms. The summed E-state index contributed by atoms with van der Waals surface area (Å²) in [7, 11) is -8.31. The van der Waals surface area contributed by atoms with Crippen molar-refractivity contribution in [2.75, 3.05) is 17.2 Å². The third-order valence-electron chi connectivity index (χ3n) is 8.37. The summed E-state index contributed by atoms with van der Waals surface area (Å²) >= 11 is 6.28. The number of ether oxygens (including phenoxy) is 1. The van der Waals surface area contributed by atoms with Gasteiger partial charge in [-0.2, -0.15) is 21.4 Å². The van der Waals surface area contributed by atoms with Crippen LogP contribution in [0.4, 0.5) is 5.69 Å². The minimum absolute atomic E-state index is 0.0725. The predicted molar refractivity (Wildman–Crippen MR) is 174 cm³/mol. The second-order valence-corrected chi connectivity index (χ2v) is 15.4. The first-order valence-electron chi connectivity index (χ1n) is 15.0. The van der Waals surface area contributed by atoms with Crippen LogP contribution in [0.5, 0.6) is 5.75 Å². The number of nitrogens with zero attached hydrogens (tertiary/aromatic N) is 2. The number of hydrogen-bond acceptors (Lipinski definition) is 7. The quantitative estimate of drug-likeness (QED) is 0.119. The molecule has 1 aliphatic heterocycles. The van der Waals surface area contributed by atoms with Crippen molar-refractivity contribution in [1.82, 2.24) is 0 Å². The molecule has 3 aromatic carbocycles. The molecule has 2 heterocycles. The molecular weight excluding hydrogens is 640 g/mol. The van der Waals surface area contributed by atoms with E-state index < -0.39 is 31.7 Å². The largest absolute Gasteiger partial charge is 0.468 e. The van der Waals surface area contributed by atoms with Gasteiger partial charge in [0.1, 0.15) is 5.75 Å². The fourth-order valence-electron chi connectivity index (χ4n) is 5.76. The number of rotatable bonds is 14. The zero-order valence-electron chi connectivity index (χ0n) is 25.2. The highest BCUT2D eigenvalue weighted by Gasteiger charge is 2.35. The molecule has 0 fully saturated rings. The van der Waals surface area contributed by atoms with E-state index in [2.05, 4.69) is 17.9 Å². The van der Waals surface area contributed by atoms with E-state index in [0.29, 0.717) is 48.2 Å². The lowest BCUT2D eigenvalue weighted by Crippen LogP contribution is -2.41. The minimum atomic E-state index is -4.19. The SMILES string of the molecule is CCC(Cc1oc2ccc(Cl)cc2[n+]1CCCS(=O)(=O)O)CC1Oc2ccc(-c3ccccc3)cc2N1CCC(C)S(=O)(=O)O. The lowest BCUT2D eigenvalue weighted by molar-refractivity contribution is -0.684. The molecule has 4 aromatic rings. The van der Waals surface area contributed by atoms with Crippen LogP contribution < -0.4 is 14.2 Å². The number of aromatic nitrogens is 1. The maximum Gasteiger partial charge on any atom is 0.348 e. The van der Waals surface area contributed by atoms with Gasteiger partial charge < -0.3 is 14.1 Å². The number of fused-ring (bicyclic) bond motifs is 2. The Morgan fingerprint density at radius 2 is 1.76 bits per heavy atom. The van der Waals surface area contributed by atoms with Gasteiger partial charge in [-0.15, -0.1) is 0 Å². The van der Waals surface area contributed by atoms with Crippen LogP contribution >= 0.6 is 11.6 Å². The van der Waals surface area contributed by atoms with Gasteiger partial charge in [0.15, 0.2) is 12.8 Å². The lowest BCUT2D eigenvalue weighted by Gasteiger charge is -2.28. The van der Waals surface area contributed by atoms with Crippen LogP contribution in [-0.2, 0) is 33.2 Å². The average molecular weight is 678 g/mol. The smallest absolute Gasteiger partial charge is 0.348 e. The molecule has 2 N–H and O–H groups in total. The molecule has 13 heteroatoms. The fourth-order valence-corrected chi connectivity index (χ4v) is 6.82. The summed E-state index contributed by atoms with van der Waals surface area (Å²) in [5.74, 6) is 1.05. The van der Waals surface area contributed by atoms with Gasteiger partial charge in [-0.3, -0.25) is 9.11 Å². The van der Waals surface area contributed by atoms with E-state index in [4.69, 9.17) is 20.8 Å². The molecule has 1 aromatic heterocycles. The summed E-state index contributed by atoms with van der Waals surface area (Å²) < 4.78 is 80.0. The summed E-state index contributed by atoms with van der Waals surface area (Å²) in [6.45, 7) is 4.23. The van der Waals surface area contributed by atoms with Crippen molar-refractivity contribution in [2.24, 2.45) is 5.92 Å². The number of halogens is 1. The second kappa shape index (κ2) is 13.7. The average Bonchev–Trinajstić information content (AvgIpc) is 3.50. The van der Waals surface area contributed by atoms with Crippen molar-refractivity contribution in [1.29, 1.82) is 0 Å². The van der Waals surface area contributed by atoms with Crippen LogP contribution in [-0.4, -0.2) is 49.7 Å². The van der Waals surface area contributed by atoms with Crippen molar-refractivity contribution >= 4 is 48.6 Å². The highest BCUT2D eigenvalue weighted by atomic mass is 35.5. The summed E-state index contributed by atoms with van der Waals surface area (Å²) in [6.07, 6.45) is 1.91. The van der Waals surface area contributed by atoms with Crippen LogP contribution in [0.1, 0.15) is 45.4 Å². The number of aryl methyl sites for hydroxylation is 1. The molecule has 10 nitrogen and oxygen atoms in total. The minimum Gasteiger partial charge on any atom is -0.468 e. The van der Waals surface area contributed by atoms with Crippen molar-refractivity contribution in [2.45, 2.75) is 64.0 Å². The fraction of sp³-hybridized carbons (Fsp3) is 0.406. The summed E-state index contributed by atoms with van der Waals surface area (Å²) in [6, 6.07) is 21.2. The number of oxazole rings is 1. The molecule has 0 radical (unpaired) electrons. The highest BCUT2D eigenvalue weighted by molar-refractivity contribution is 7.86. The van der Waals surface area contributed by atoms with E-state index in [1.165, 1.54) is 6.92 Å². The Kier molecular flexibility index (Phi) is 10.1. The molecule has 0 amide bonds. The maximum atomic E-state index is 11.8. The van der Waals surface area contributed by atoms with Gasteiger partial charge in [-0.25, -0.2) is 0 Å². The van der Waals surface area contributed by atoms with E-state index in [1.54, 1.807) is 18.2 Å². The third-order valence-corrected chi connectivity index (χ3v) is 10.7. The first kappa shape index (κ1) is 33.2. The highest BCUT2D eigenvalue weighted by Crippen LogP contribution is 2.42. The van der Waals surface area contributed by atoms with E-state index >= 15 is 0 Å². The Labute approximate surface area is 269 Å². The van der Waals surface area contributed by atoms with Crippen LogP contribution in [0, 0.1) is 5.92 Å². The van der Waals surface area contributed by atoms with Gasteiger partial charge in [-0.1, -0.05) is 61.3 Å². The first-order valence-corrected chi connectivity index (χ1v) is 18.5. The molecule has 5 rings (SSSR count). The molecular formula is C32H38ClN2O8S2+. The third kappa shape index (κ3) is 8.17. The van der Waals surface area contributed by atoms with Gasteiger partial charge in [0, 0.05) is 30.5 Å². The van der Waals surface area contributed by atoms with Crippen LogP contribution in [0.15, 0.2) is 71.1 Å². The Morgan fingerprint density at radius 3 is 2.44 bits per heavy atom. The van der Waals surface area contributed by atoms with Gasteiger partial charge in [0.05, 0.1) is 23.1 Å². The van der Waals surface area contributed by atoms with Gasteiger partial charge in [0.2, 0.25) is 5.58 Å². The van der Waals surface area contributed by atoms with Crippen LogP contribution in [0.2, 0.25) is 5.02 Å². The molecule has 0 saturated carbocycles.